The molecule has 0 saturated carbocycles. The maximum absolute atomic E-state index is 12.0. The van der Waals surface area contributed by atoms with Crippen molar-refractivity contribution in [3.05, 3.63) is 81.6 Å². The third-order valence-electron chi connectivity index (χ3n) is 3.60. The average molecular weight is 565 g/mol. The van der Waals surface area contributed by atoms with Gasteiger partial charge in [0, 0.05) is 20.4 Å². The minimum absolute atomic E-state index is 0.143. The van der Waals surface area contributed by atoms with Gasteiger partial charge < -0.3 is 0 Å². The smallest absolute Gasteiger partial charge is 0.263 e. The Hall–Kier alpha value is -1.69. The fourth-order valence-corrected chi connectivity index (χ4v) is 4.15. The molecule has 3 aromatic rings. The first-order chi connectivity index (χ1) is 13.5. The molecule has 3 rings (SSSR count). The van der Waals surface area contributed by atoms with Gasteiger partial charge in [-0.1, -0.05) is 35.4 Å². The Kier molecular flexibility index (Phi) is 8.03. The molecular formula is C19H18ClIN2O4S2. The number of aryl methyl sites for hydroxylation is 2. The summed E-state index contributed by atoms with van der Waals surface area (Å²) in [6.45, 7) is 3.79. The predicted molar refractivity (Wildman–Crippen MR) is 123 cm³/mol. The number of nitrogens with zero attached hydrogens (tertiary/aromatic N) is 1. The van der Waals surface area contributed by atoms with Gasteiger partial charge in [-0.25, -0.2) is 21.8 Å². The average Bonchev–Trinajstić information content (AvgIpc) is 2.64. The molecule has 0 bridgehead atoms. The number of pyridine rings is 1. The number of hydrogen-bond donors (Lipinski definition) is 1. The third kappa shape index (κ3) is 7.57. The van der Waals surface area contributed by atoms with Gasteiger partial charge in [0.2, 0.25) is 0 Å². The molecule has 0 aliphatic carbocycles. The van der Waals surface area contributed by atoms with Gasteiger partial charge in [0.25, 0.3) is 19.1 Å². The summed E-state index contributed by atoms with van der Waals surface area (Å²) in [5, 5.41) is 0. The van der Waals surface area contributed by atoms with Gasteiger partial charge in [-0.2, -0.15) is 0 Å². The van der Waals surface area contributed by atoms with Crippen LogP contribution in [0.15, 0.2) is 76.7 Å². The predicted octanol–water partition coefficient (Wildman–Crippen LogP) is 4.72. The van der Waals surface area contributed by atoms with Crippen LogP contribution in [-0.2, 0) is 19.1 Å². The Morgan fingerprint density at radius 3 is 1.69 bits per heavy atom. The van der Waals surface area contributed by atoms with Crippen LogP contribution in [-0.4, -0.2) is 21.8 Å². The molecule has 0 aliphatic rings. The molecular weight excluding hydrogens is 547 g/mol. The highest BCUT2D eigenvalue weighted by molar-refractivity contribution is 14.1. The van der Waals surface area contributed by atoms with E-state index in [2.05, 4.69) is 32.3 Å². The van der Waals surface area contributed by atoms with E-state index in [1.165, 1.54) is 12.1 Å². The zero-order valence-corrected chi connectivity index (χ0v) is 20.0. The number of rotatable bonds is 4. The van der Waals surface area contributed by atoms with Crippen molar-refractivity contribution in [3.8, 4) is 0 Å². The number of benzene rings is 2. The van der Waals surface area contributed by atoms with Gasteiger partial charge >= 0.3 is 0 Å². The molecule has 6 nitrogen and oxygen atoms in total. The zero-order valence-electron chi connectivity index (χ0n) is 15.5. The number of aromatic nitrogens is 1. The summed E-state index contributed by atoms with van der Waals surface area (Å²) in [5.74, 6) is 0.316. The lowest BCUT2D eigenvalue weighted by atomic mass is 10.2. The van der Waals surface area contributed by atoms with Crippen LogP contribution in [0.3, 0.4) is 0 Å². The highest BCUT2D eigenvalue weighted by Crippen LogP contribution is 2.16. The van der Waals surface area contributed by atoms with E-state index in [0.717, 1.165) is 14.7 Å². The number of anilines is 1. The lowest BCUT2D eigenvalue weighted by Crippen LogP contribution is -2.13. The van der Waals surface area contributed by atoms with Crippen molar-refractivity contribution >= 4 is 58.2 Å². The van der Waals surface area contributed by atoms with Gasteiger partial charge in [0.1, 0.15) is 5.82 Å². The SMILES string of the molecule is Cc1ccc(S(=O)(=O)Cl)cc1.Cc1ccc(S(=O)(=O)Nc2ccc(I)cn2)cc1. The summed E-state index contributed by atoms with van der Waals surface area (Å²) < 4.78 is 48.9. The molecule has 0 spiro atoms. The highest BCUT2D eigenvalue weighted by Gasteiger charge is 2.14. The van der Waals surface area contributed by atoms with E-state index in [0.29, 0.717) is 5.82 Å². The van der Waals surface area contributed by atoms with Crippen LogP contribution in [0.4, 0.5) is 5.82 Å². The van der Waals surface area contributed by atoms with Crippen molar-refractivity contribution in [3.63, 3.8) is 0 Å². The summed E-state index contributed by atoms with van der Waals surface area (Å²) in [6.07, 6.45) is 1.60. The van der Waals surface area contributed by atoms with E-state index in [9.17, 15) is 16.8 Å². The van der Waals surface area contributed by atoms with Crippen molar-refractivity contribution in [1.82, 2.24) is 4.98 Å². The Morgan fingerprint density at radius 1 is 0.793 bits per heavy atom. The van der Waals surface area contributed by atoms with Crippen molar-refractivity contribution in [2.75, 3.05) is 4.72 Å². The second kappa shape index (κ2) is 9.88. The Labute approximate surface area is 189 Å². The zero-order chi connectivity index (χ0) is 21.7. The summed E-state index contributed by atoms with van der Waals surface area (Å²) in [5.41, 5.74) is 2.02. The minimum atomic E-state index is -3.56. The van der Waals surface area contributed by atoms with E-state index in [1.54, 1.807) is 54.7 Å². The van der Waals surface area contributed by atoms with Crippen LogP contribution in [0.5, 0.6) is 0 Å². The number of nitrogens with one attached hydrogen (secondary N) is 1. The second-order valence-electron chi connectivity index (χ2n) is 6.03. The minimum Gasteiger partial charge on any atom is -0.263 e. The normalized spacial score (nSPS) is 11.3. The molecule has 0 amide bonds. The summed E-state index contributed by atoms with van der Waals surface area (Å²) in [6, 6.07) is 16.5. The second-order valence-corrected chi connectivity index (χ2v) is 11.5. The maximum atomic E-state index is 12.0. The standard InChI is InChI=1S/C12H11IN2O2S.C7H7ClO2S/c1-9-2-5-11(6-3-9)18(16,17)15-12-7-4-10(13)8-14-12;1-6-2-4-7(5-3-6)11(8,9)10/h2-8H,1H3,(H,14,15);2-5H,1H3. The van der Waals surface area contributed by atoms with Crippen LogP contribution >= 0.6 is 33.3 Å². The molecule has 1 heterocycles. The van der Waals surface area contributed by atoms with Crippen LogP contribution in [0, 0.1) is 17.4 Å². The molecule has 0 aliphatic heterocycles. The van der Waals surface area contributed by atoms with E-state index in [4.69, 9.17) is 10.7 Å². The summed E-state index contributed by atoms with van der Waals surface area (Å²) in [7, 11) is -2.02. The van der Waals surface area contributed by atoms with Crippen LogP contribution in [0.1, 0.15) is 11.1 Å². The third-order valence-corrected chi connectivity index (χ3v) is 6.98. The van der Waals surface area contributed by atoms with E-state index in [-0.39, 0.29) is 9.79 Å². The lowest BCUT2D eigenvalue weighted by molar-refractivity contribution is 0.600. The van der Waals surface area contributed by atoms with E-state index >= 15 is 0 Å². The molecule has 0 unspecified atom stereocenters. The number of sulfonamides is 1. The Balaban J connectivity index is 0.000000234. The molecule has 10 heteroatoms. The first-order valence-corrected chi connectivity index (χ1v) is 13.1. The molecule has 0 saturated heterocycles. The maximum Gasteiger partial charge on any atom is 0.263 e. The molecule has 1 aromatic heterocycles. The van der Waals surface area contributed by atoms with Gasteiger partial charge in [-0.3, -0.25) is 4.72 Å². The van der Waals surface area contributed by atoms with Crippen LogP contribution in [0.25, 0.3) is 0 Å². The number of hydrogen-bond acceptors (Lipinski definition) is 5. The lowest BCUT2D eigenvalue weighted by Gasteiger charge is -2.07. The topological polar surface area (TPSA) is 93.2 Å². The summed E-state index contributed by atoms with van der Waals surface area (Å²) in [4.78, 5) is 4.38. The van der Waals surface area contributed by atoms with Crippen molar-refractivity contribution in [2.45, 2.75) is 23.6 Å². The fourth-order valence-electron chi connectivity index (χ4n) is 2.05. The highest BCUT2D eigenvalue weighted by atomic mass is 127. The Morgan fingerprint density at radius 2 is 1.28 bits per heavy atom. The molecule has 154 valence electrons. The molecule has 29 heavy (non-hydrogen) atoms. The summed E-state index contributed by atoms with van der Waals surface area (Å²) >= 11 is 2.11. The first kappa shape index (κ1) is 23.6. The van der Waals surface area contributed by atoms with Gasteiger partial charge in [0.15, 0.2) is 0 Å². The molecule has 0 radical (unpaired) electrons. The van der Waals surface area contributed by atoms with Crippen LogP contribution in [0.2, 0.25) is 0 Å². The first-order valence-electron chi connectivity index (χ1n) is 8.20. The van der Waals surface area contributed by atoms with Crippen LogP contribution < -0.4 is 4.72 Å². The Bertz CT molecular complexity index is 1160. The molecule has 1 N–H and O–H groups in total. The number of halogens is 2. The van der Waals surface area contributed by atoms with Gasteiger partial charge in [-0.05, 0) is 72.8 Å². The van der Waals surface area contributed by atoms with E-state index in [1.807, 2.05) is 13.8 Å². The van der Waals surface area contributed by atoms with Crippen molar-refractivity contribution < 1.29 is 16.8 Å². The molecule has 0 fully saturated rings. The molecule has 2 aromatic carbocycles. The fraction of sp³-hybridized carbons (Fsp3) is 0.105. The van der Waals surface area contributed by atoms with Gasteiger partial charge in [-0.15, -0.1) is 0 Å². The molecule has 0 atom stereocenters. The largest absolute Gasteiger partial charge is 0.263 e. The quantitative estimate of drug-likeness (QED) is 0.366. The van der Waals surface area contributed by atoms with Crippen molar-refractivity contribution in [1.29, 1.82) is 0 Å². The van der Waals surface area contributed by atoms with Gasteiger partial charge in [0.05, 0.1) is 9.79 Å². The van der Waals surface area contributed by atoms with E-state index < -0.39 is 19.1 Å². The van der Waals surface area contributed by atoms with Crippen molar-refractivity contribution in [2.24, 2.45) is 0 Å². The monoisotopic (exact) mass is 564 g/mol.